The lowest BCUT2D eigenvalue weighted by molar-refractivity contribution is -0.140. The smallest absolute Gasteiger partial charge is 0.434 e. The fraction of sp³-hybridized carbons (Fsp3) is 0.333. The number of ether oxygens (including phenoxy) is 1. The molecule has 124 valence electrons. The molecule has 1 heterocycles. The van der Waals surface area contributed by atoms with E-state index in [4.69, 9.17) is 4.74 Å². The Kier molecular flexibility index (Phi) is 5.25. The van der Waals surface area contributed by atoms with E-state index in [1.807, 2.05) is 26.0 Å². The van der Waals surface area contributed by atoms with Gasteiger partial charge in [-0.15, -0.1) is 11.3 Å². The summed E-state index contributed by atoms with van der Waals surface area (Å²) >= 11 is 0.735. The molecule has 0 bridgehead atoms. The van der Waals surface area contributed by atoms with Crippen molar-refractivity contribution >= 4 is 22.4 Å². The molecule has 2 rings (SSSR count). The van der Waals surface area contributed by atoms with Crippen molar-refractivity contribution in [1.82, 2.24) is 4.98 Å². The molecule has 0 spiro atoms. The Hall–Kier alpha value is -2.09. The number of nitrogens with zero attached hydrogens (tertiary/aromatic N) is 1. The largest absolute Gasteiger partial charge is 0.493 e. The van der Waals surface area contributed by atoms with Crippen molar-refractivity contribution in [2.45, 2.75) is 26.4 Å². The van der Waals surface area contributed by atoms with Gasteiger partial charge in [0.15, 0.2) is 10.8 Å². The lowest BCUT2D eigenvalue weighted by atomic mass is 10.1. The SMILES string of the molecule is Cc1cccc(OCCC(=O)Nc2nc(C(F)(F)F)cs2)c1C. The highest BCUT2D eigenvalue weighted by atomic mass is 32.1. The Morgan fingerprint density at radius 2 is 2.09 bits per heavy atom. The van der Waals surface area contributed by atoms with E-state index in [0.29, 0.717) is 5.75 Å². The normalized spacial score (nSPS) is 11.3. The van der Waals surface area contributed by atoms with Crippen molar-refractivity contribution in [3.8, 4) is 5.75 Å². The van der Waals surface area contributed by atoms with Gasteiger partial charge in [-0.1, -0.05) is 12.1 Å². The van der Waals surface area contributed by atoms with Gasteiger partial charge in [0.1, 0.15) is 5.75 Å². The number of hydrogen-bond donors (Lipinski definition) is 1. The first kappa shape index (κ1) is 17.3. The summed E-state index contributed by atoms with van der Waals surface area (Å²) < 4.78 is 42.8. The highest BCUT2D eigenvalue weighted by Crippen LogP contribution is 2.31. The minimum absolute atomic E-state index is 0.0221. The average Bonchev–Trinajstić information content (AvgIpc) is 2.92. The molecular weight excluding hydrogens is 329 g/mol. The topological polar surface area (TPSA) is 51.2 Å². The number of amides is 1. The predicted octanol–water partition coefficient (Wildman–Crippen LogP) is 4.19. The van der Waals surface area contributed by atoms with E-state index < -0.39 is 17.8 Å². The number of anilines is 1. The number of hydrogen-bond acceptors (Lipinski definition) is 4. The number of nitrogens with one attached hydrogen (secondary N) is 1. The van der Waals surface area contributed by atoms with Crippen LogP contribution < -0.4 is 10.1 Å². The number of aryl methyl sites for hydroxylation is 1. The summed E-state index contributed by atoms with van der Waals surface area (Å²) in [5, 5.41) is 3.12. The van der Waals surface area contributed by atoms with Crippen LogP contribution in [0.1, 0.15) is 23.2 Å². The number of thiazole rings is 1. The molecule has 1 N–H and O–H groups in total. The van der Waals surface area contributed by atoms with Crippen molar-refractivity contribution in [2.24, 2.45) is 0 Å². The standard InChI is InChI=1S/C15H15F3N2O2S/c1-9-4-3-5-11(10(9)2)22-7-6-13(21)20-14-19-12(8-23-14)15(16,17)18/h3-5,8H,6-7H2,1-2H3,(H,19,20,21). The molecule has 0 saturated heterocycles. The van der Waals surface area contributed by atoms with Gasteiger partial charge in [-0.05, 0) is 31.0 Å². The van der Waals surface area contributed by atoms with Gasteiger partial charge in [-0.3, -0.25) is 4.79 Å². The maximum absolute atomic E-state index is 12.4. The highest BCUT2D eigenvalue weighted by Gasteiger charge is 2.33. The van der Waals surface area contributed by atoms with E-state index in [-0.39, 0.29) is 18.2 Å². The van der Waals surface area contributed by atoms with E-state index in [9.17, 15) is 18.0 Å². The summed E-state index contributed by atoms with van der Waals surface area (Å²) in [6.45, 7) is 4.00. The minimum atomic E-state index is -4.51. The molecule has 1 aromatic heterocycles. The van der Waals surface area contributed by atoms with E-state index >= 15 is 0 Å². The summed E-state index contributed by atoms with van der Waals surface area (Å²) in [6, 6.07) is 5.61. The first-order valence-electron chi connectivity index (χ1n) is 6.79. The number of carbonyl (C=O) groups is 1. The molecule has 8 heteroatoms. The predicted molar refractivity (Wildman–Crippen MR) is 81.8 cm³/mol. The molecular formula is C15H15F3N2O2S. The summed E-state index contributed by atoms with van der Waals surface area (Å²) in [7, 11) is 0. The molecule has 0 atom stereocenters. The minimum Gasteiger partial charge on any atom is -0.493 e. The fourth-order valence-corrected chi connectivity index (χ4v) is 2.51. The fourth-order valence-electron chi connectivity index (χ4n) is 1.78. The second kappa shape index (κ2) is 6.99. The second-order valence-corrected chi connectivity index (χ2v) is 5.74. The van der Waals surface area contributed by atoms with Crippen LogP contribution in [0.15, 0.2) is 23.6 Å². The lowest BCUT2D eigenvalue weighted by Gasteiger charge is -2.10. The van der Waals surface area contributed by atoms with Gasteiger partial charge in [-0.25, -0.2) is 4.98 Å². The van der Waals surface area contributed by atoms with E-state index in [1.165, 1.54) is 0 Å². The van der Waals surface area contributed by atoms with Gasteiger partial charge in [0.2, 0.25) is 5.91 Å². The number of aromatic nitrogens is 1. The Labute approximate surface area is 135 Å². The van der Waals surface area contributed by atoms with Gasteiger partial charge in [0.05, 0.1) is 13.0 Å². The maximum atomic E-state index is 12.4. The molecule has 0 radical (unpaired) electrons. The number of benzene rings is 1. The summed E-state index contributed by atoms with van der Waals surface area (Å²) in [4.78, 5) is 15.0. The van der Waals surface area contributed by atoms with Crippen LogP contribution in [-0.4, -0.2) is 17.5 Å². The molecule has 2 aromatic rings. The monoisotopic (exact) mass is 344 g/mol. The number of halogens is 3. The molecule has 0 aliphatic rings. The van der Waals surface area contributed by atoms with Crippen LogP contribution in [0.3, 0.4) is 0 Å². The summed E-state index contributed by atoms with van der Waals surface area (Å²) in [5.74, 6) is 0.241. The molecule has 4 nitrogen and oxygen atoms in total. The Bertz CT molecular complexity index is 698. The van der Waals surface area contributed by atoms with Crippen LogP contribution in [-0.2, 0) is 11.0 Å². The van der Waals surface area contributed by atoms with E-state index in [1.54, 1.807) is 6.07 Å². The van der Waals surface area contributed by atoms with Crippen LogP contribution in [0.4, 0.5) is 18.3 Å². The molecule has 0 aliphatic carbocycles. The van der Waals surface area contributed by atoms with Crippen molar-refractivity contribution in [3.05, 3.63) is 40.4 Å². The van der Waals surface area contributed by atoms with Crippen molar-refractivity contribution in [2.75, 3.05) is 11.9 Å². The zero-order valence-electron chi connectivity index (χ0n) is 12.5. The quantitative estimate of drug-likeness (QED) is 0.885. The van der Waals surface area contributed by atoms with Crippen LogP contribution in [0, 0.1) is 13.8 Å². The zero-order valence-corrected chi connectivity index (χ0v) is 13.3. The second-order valence-electron chi connectivity index (χ2n) is 4.88. The highest BCUT2D eigenvalue weighted by molar-refractivity contribution is 7.13. The number of rotatable bonds is 5. The molecule has 0 fully saturated rings. The first-order chi connectivity index (χ1) is 10.8. The molecule has 1 aromatic carbocycles. The maximum Gasteiger partial charge on any atom is 0.434 e. The van der Waals surface area contributed by atoms with Gasteiger partial charge in [0.25, 0.3) is 0 Å². The van der Waals surface area contributed by atoms with Gasteiger partial charge >= 0.3 is 6.18 Å². The van der Waals surface area contributed by atoms with Crippen LogP contribution >= 0.6 is 11.3 Å². The lowest BCUT2D eigenvalue weighted by Crippen LogP contribution is -2.15. The molecule has 1 amide bonds. The van der Waals surface area contributed by atoms with Crippen LogP contribution in [0.5, 0.6) is 5.75 Å². The Morgan fingerprint density at radius 1 is 1.35 bits per heavy atom. The molecule has 23 heavy (non-hydrogen) atoms. The van der Waals surface area contributed by atoms with Gasteiger partial charge in [0, 0.05) is 5.38 Å². The van der Waals surface area contributed by atoms with Crippen molar-refractivity contribution in [1.29, 1.82) is 0 Å². The first-order valence-corrected chi connectivity index (χ1v) is 7.67. The van der Waals surface area contributed by atoms with Gasteiger partial charge < -0.3 is 10.1 Å². The molecule has 0 saturated carbocycles. The van der Waals surface area contributed by atoms with Gasteiger partial charge in [-0.2, -0.15) is 13.2 Å². The average molecular weight is 344 g/mol. The summed E-state index contributed by atoms with van der Waals surface area (Å²) in [5.41, 5.74) is 1.06. The third-order valence-electron chi connectivity index (χ3n) is 3.18. The Morgan fingerprint density at radius 3 is 2.74 bits per heavy atom. The Balaban J connectivity index is 1.84. The van der Waals surface area contributed by atoms with Crippen molar-refractivity contribution in [3.63, 3.8) is 0 Å². The third-order valence-corrected chi connectivity index (χ3v) is 3.94. The van der Waals surface area contributed by atoms with E-state index in [2.05, 4.69) is 10.3 Å². The molecule has 0 aliphatic heterocycles. The summed E-state index contributed by atoms with van der Waals surface area (Å²) in [6.07, 6.45) is -4.49. The number of carbonyl (C=O) groups excluding carboxylic acids is 1. The zero-order chi connectivity index (χ0) is 17.0. The molecule has 0 unspecified atom stereocenters. The van der Waals surface area contributed by atoms with Crippen molar-refractivity contribution < 1.29 is 22.7 Å². The number of alkyl halides is 3. The van der Waals surface area contributed by atoms with Crippen LogP contribution in [0.2, 0.25) is 0 Å². The third kappa shape index (κ3) is 4.69. The van der Waals surface area contributed by atoms with E-state index in [0.717, 1.165) is 27.8 Å². The van der Waals surface area contributed by atoms with Crippen LogP contribution in [0.25, 0.3) is 0 Å².